The summed E-state index contributed by atoms with van der Waals surface area (Å²) in [5.41, 5.74) is 2.21. The fourth-order valence-electron chi connectivity index (χ4n) is 2.43. The number of rotatable bonds is 2. The van der Waals surface area contributed by atoms with Crippen molar-refractivity contribution < 1.29 is 4.39 Å². The van der Waals surface area contributed by atoms with Crippen molar-refractivity contribution in [3.05, 3.63) is 29.6 Å². The van der Waals surface area contributed by atoms with Gasteiger partial charge in [-0.05, 0) is 13.3 Å². The summed E-state index contributed by atoms with van der Waals surface area (Å²) < 4.78 is 14.9. The van der Waals surface area contributed by atoms with E-state index < -0.39 is 5.95 Å². The van der Waals surface area contributed by atoms with E-state index in [4.69, 9.17) is 0 Å². The van der Waals surface area contributed by atoms with Crippen LogP contribution in [0.15, 0.2) is 12.4 Å². The summed E-state index contributed by atoms with van der Waals surface area (Å²) >= 11 is 0. The van der Waals surface area contributed by atoms with Gasteiger partial charge in [0.1, 0.15) is 18.0 Å². The molecular weight excluding hydrogens is 247 g/mol. The molecule has 0 bridgehead atoms. The number of halogens is 1. The van der Waals surface area contributed by atoms with Gasteiger partial charge in [0.05, 0.1) is 5.69 Å². The van der Waals surface area contributed by atoms with Crippen LogP contribution in [0, 0.1) is 12.9 Å². The second-order valence-corrected chi connectivity index (χ2v) is 4.69. The zero-order chi connectivity index (χ0) is 13.4. The van der Waals surface area contributed by atoms with E-state index in [2.05, 4.69) is 25.7 Å². The molecule has 2 N–H and O–H groups in total. The summed E-state index contributed by atoms with van der Waals surface area (Å²) in [7, 11) is 1.92. The third-order valence-corrected chi connectivity index (χ3v) is 3.30. The second kappa shape index (κ2) is 4.49. The van der Waals surface area contributed by atoms with Gasteiger partial charge in [-0.3, -0.25) is 4.68 Å². The van der Waals surface area contributed by atoms with Gasteiger partial charge in [-0.1, -0.05) is 0 Å². The molecule has 7 heteroatoms. The van der Waals surface area contributed by atoms with Gasteiger partial charge in [0, 0.05) is 31.3 Å². The second-order valence-electron chi connectivity index (χ2n) is 4.69. The van der Waals surface area contributed by atoms with Gasteiger partial charge in [-0.25, -0.2) is 9.97 Å². The van der Waals surface area contributed by atoms with Crippen LogP contribution in [0.25, 0.3) is 0 Å². The minimum atomic E-state index is -0.528. The van der Waals surface area contributed by atoms with E-state index in [0.717, 1.165) is 24.5 Å². The van der Waals surface area contributed by atoms with Crippen molar-refractivity contribution in [1.82, 2.24) is 19.7 Å². The molecule has 0 radical (unpaired) electrons. The molecule has 0 fully saturated rings. The van der Waals surface area contributed by atoms with Gasteiger partial charge >= 0.3 is 0 Å². The first-order chi connectivity index (χ1) is 9.13. The average molecular weight is 262 g/mol. The first-order valence-corrected chi connectivity index (χ1v) is 6.14. The Balaban J connectivity index is 1.77. The van der Waals surface area contributed by atoms with Gasteiger partial charge in [-0.15, -0.1) is 0 Å². The Labute approximate surface area is 110 Å². The molecule has 3 heterocycles. The normalized spacial score (nSPS) is 17.7. The topological polar surface area (TPSA) is 67.7 Å². The number of nitrogens with one attached hydrogen (secondary N) is 2. The van der Waals surface area contributed by atoms with Gasteiger partial charge in [0.2, 0.25) is 5.95 Å². The monoisotopic (exact) mass is 262 g/mol. The molecule has 0 saturated carbocycles. The van der Waals surface area contributed by atoms with Crippen molar-refractivity contribution in [2.24, 2.45) is 7.05 Å². The number of nitrogens with zero attached hydrogens (tertiary/aromatic N) is 4. The fraction of sp³-hybridized carbons (Fsp3) is 0.417. The third-order valence-electron chi connectivity index (χ3n) is 3.30. The first kappa shape index (κ1) is 11.9. The first-order valence-electron chi connectivity index (χ1n) is 6.14. The number of hydrogen-bond donors (Lipinski definition) is 2. The van der Waals surface area contributed by atoms with Crippen LogP contribution in [0.4, 0.5) is 16.0 Å². The van der Waals surface area contributed by atoms with Gasteiger partial charge in [0.15, 0.2) is 0 Å². The van der Waals surface area contributed by atoms with Crippen LogP contribution in [0.3, 0.4) is 0 Å². The number of aromatic nitrogens is 4. The highest BCUT2D eigenvalue weighted by Crippen LogP contribution is 2.25. The van der Waals surface area contributed by atoms with Crippen LogP contribution >= 0.6 is 0 Å². The van der Waals surface area contributed by atoms with Crippen molar-refractivity contribution in [3.8, 4) is 0 Å². The number of anilines is 2. The molecule has 19 heavy (non-hydrogen) atoms. The molecule has 2 aromatic heterocycles. The molecule has 0 saturated heterocycles. The maximum Gasteiger partial charge on any atom is 0.217 e. The SMILES string of the molecule is Cc1nn(C)c2c1CC(Nc1cc(F)ncn1)CN2. The molecule has 100 valence electrons. The summed E-state index contributed by atoms with van der Waals surface area (Å²) in [6, 6.07) is 1.45. The summed E-state index contributed by atoms with van der Waals surface area (Å²) in [6.45, 7) is 2.74. The lowest BCUT2D eigenvalue weighted by atomic mass is 10.0. The van der Waals surface area contributed by atoms with E-state index in [1.807, 2.05) is 18.7 Å². The third kappa shape index (κ3) is 2.23. The Hall–Kier alpha value is -2.18. The Bertz CT molecular complexity index is 608. The van der Waals surface area contributed by atoms with Gasteiger partial charge in [-0.2, -0.15) is 9.49 Å². The lowest BCUT2D eigenvalue weighted by molar-refractivity contribution is 0.579. The molecule has 6 nitrogen and oxygen atoms in total. The number of fused-ring (bicyclic) bond motifs is 1. The van der Waals surface area contributed by atoms with E-state index in [1.54, 1.807) is 0 Å². The largest absolute Gasteiger partial charge is 0.368 e. The Morgan fingerprint density at radius 1 is 1.47 bits per heavy atom. The van der Waals surface area contributed by atoms with Crippen molar-refractivity contribution in [1.29, 1.82) is 0 Å². The molecule has 2 aromatic rings. The molecule has 1 atom stereocenters. The van der Waals surface area contributed by atoms with Crippen LogP contribution in [-0.2, 0) is 13.5 Å². The van der Waals surface area contributed by atoms with Crippen LogP contribution in [0.2, 0.25) is 0 Å². The predicted molar refractivity (Wildman–Crippen MR) is 69.5 cm³/mol. The summed E-state index contributed by atoms with van der Waals surface area (Å²) in [5, 5.41) is 10.9. The van der Waals surface area contributed by atoms with E-state index in [-0.39, 0.29) is 6.04 Å². The van der Waals surface area contributed by atoms with Crippen molar-refractivity contribution in [2.75, 3.05) is 17.2 Å². The van der Waals surface area contributed by atoms with Crippen LogP contribution in [0.1, 0.15) is 11.3 Å². The van der Waals surface area contributed by atoms with Crippen molar-refractivity contribution >= 4 is 11.6 Å². The van der Waals surface area contributed by atoms with Crippen molar-refractivity contribution in [3.63, 3.8) is 0 Å². The quantitative estimate of drug-likeness (QED) is 0.793. The predicted octanol–water partition coefficient (Wildman–Crippen LogP) is 1.11. The number of hydrogen-bond acceptors (Lipinski definition) is 5. The van der Waals surface area contributed by atoms with Crippen LogP contribution in [-0.4, -0.2) is 32.3 Å². The average Bonchev–Trinajstić information content (AvgIpc) is 2.65. The standard InChI is InChI=1S/C12H15FN6/c1-7-9-3-8(5-14-12(9)19(2)18-7)17-11-4-10(13)15-6-16-11/h4,6,8,14H,3,5H2,1-2H3,(H,15,16,17). The summed E-state index contributed by atoms with van der Waals surface area (Å²) in [4.78, 5) is 7.45. The van der Waals surface area contributed by atoms with E-state index in [9.17, 15) is 4.39 Å². The van der Waals surface area contributed by atoms with Crippen LogP contribution in [0.5, 0.6) is 0 Å². The summed E-state index contributed by atoms with van der Waals surface area (Å²) in [5.74, 6) is 1.04. The van der Waals surface area contributed by atoms with E-state index in [0.29, 0.717) is 5.82 Å². The van der Waals surface area contributed by atoms with Gasteiger partial charge < -0.3 is 10.6 Å². The lowest BCUT2D eigenvalue weighted by Crippen LogP contribution is -2.35. The Morgan fingerprint density at radius 3 is 3.11 bits per heavy atom. The molecule has 1 unspecified atom stereocenters. The molecule has 1 aliphatic rings. The smallest absolute Gasteiger partial charge is 0.217 e. The Kier molecular flexibility index (Phi) is 2.81. The number of aryl methyl sites for hydroxylation is 2. The zero-order valence-electron chi connectivity index (χ0n) is 10.8. The highest BCUT2D eigenvalue weighted by molar-refractivity contribution is 5.52. The highest BCUT2D eigenvalue weighted by Gasteiger charge is 2.23. The van der Waals surface area contributed by atoms with Gasteiger partial charge in [0.25, 0.3) is 0 Å². The minimum Gasteiger partial charge on any atom is -0.368 e. The van der Waals surface area contributed by atoms with E-state index in [1.165, 1.54) is 18.0 Å². The Morgan fingerprint density at radius 2 is 2.32 bits per heavy atom. The molecule has 0 aromatic carbocycles. The molecule has 3 rings (SSSR count). The fourth-order valence-corrected chi connectivity index (χ4v) is 2.43. The highest BCUT2D eigenvalue weighted by atomic mass is 19.1. The molecule has 0 amide bonds. The summed E-state index contributed by atoms with van der Waals surface area (Å²) in [6.07, 6.45) is 2.06. The molecule has 0 aliphatic carbocycles. The van der Waals surface area contributed by atoms with E-state index >= 15 is 0 Å². The lowest BCUT2D eigenvalue weighted by Gasteiger charge is -2.25. The minimum absolute atomic E-state index is 0.157. The molecule has 0 spiro atoms. The molecular formula is C12H15FN6. The van der Waals surface area contributed by atoms with Crippen LogP contribution < -0.4 is 10.6 Å². The zero-order valence-corrected chi connectivity index (χ0v) is 10.8. The van der Waals surface area contributed by atoms with Crippen molar-refractivity contribution in [2.45, 2.75) is 19.4 Å². The molecule has 1 aliphatic heterocycles. The maximum absolute atomic E-state index is 13.0. The maximum atomic E-state index is 13.0.